The number of sulfonamides is 1. The molecule has 0 aliphatic carbocycles. The van der Waals surface area contributed by atoms with E-state index < -0.39 is 10.0 Å². The fraction of sp³-hybridized carbons (Fsp3) is 0.421. The fourth-order valence-electron chi connectivity index (χ4n) is 3.31. The molecule has 2 heterocycles. The molecule has 1 aromatic carbocycles. The Kier molecular flexibility index (Phi) is 6.11. The molecule has 26 heavy (non-hydrogen) atoms. The van der Waals surface area contributed by atoms with Gasteiger partial charge in [-0.05, 0) is 36.3 Å². The minimum atomic E-state index is -3.50. The quantitative estimate of drug-likeness (QED) is 0.819. The number of piperidine rings is 1. The molecular formula is C19H24N2O3S2. The highest BCUT2D eigenvalue weighted by molar-refractivity contribution is 7.91. The van der Waals surface area contributed by atoms with Gasteiger partial charge in [-0.2, -0.15) is 4.31 Å². The summed E-state index contributed by atoms with van der Waals surface area (Å²) in [4.78, 5) is 12.8. The molecule has 1 aliphatic heterocycles. The largest absolute Gasteiger partial charge is 0.349 e. The summed E-state index contributed by atoms with van der Waals surface area (Å²) in [5.41, 5.74) is 1.07. The van der Waals surface area contributed by atoms with Gasteiger partial charge in [0.1, 0.15) is 4.21 Å². The van der Waals surface area contributed by atoms with Crippen molar-refractivity contribution < 1.29 is 13.2 Å². The number of rotatable bonds is 6. The van der Waals surface area contributed by atoms with Crippen LogP contribution in [0.5, 0.6) is 0 Å². The smallest absolute Gasteiger partial charge is 0.252 e. The molecule has 0 saturated carbocycles. The van der Waals surface area contributed by atoms with E-state index in [0.717, 1.165) is 12.0 Å². The topological polar surface area (TPSA) is 66.5 Å². The molecule has 5 nitrogen and oxygen atoms in total. The molecule has 1 N–H and O–H groups in total. The lowest BCUT2D eigenvalue weighted by Gasteiger charge is -2.31. The maximum atomic E-state index is 12.8. The van der Waals surface area contributed by atoms with Crippen LogP contribution in [-0.4, -0.2) is 31.7 Å². The highest BCUT2D eigenvalue weighted by Gasteiger charge is 2.34. The van der Waals surface area contributed by atoms with Crippen molar-refractivity contribution in [2.45, 2.75) is 36.4 Å². The van der Waals surface area contributed by atoms with E-state index in [0.29, 0.717) is 23.6 Å². The molecule has 1 saturated heterocycles. The van der Waals surface area contributed by atoms with Crippen molar-refractivity contribution in [2.24, 2.45) is 5.92 Å². The van der Waals surface area contributed by atoms with Gasteiger partial charge in [0.2, 0.25) is 5.91 Å². The van der Waals surface area contributed by atoms with Crippen LogP contribution >= 0.6 is 11.3 Å². The summed E-state index contributed by atoms with van der Waals surface area (Å²) >= 11 is 1.21. The normalized spacial score (nSPS) is 19.8. The molecular weight excluding hydrogens is 368 g/mol. The highest BCUT2D eigenvalue weighted by Crippen LogP contribution is 2.27. The Morgan fingerprint density at radius 2 is 2.04 bits per heavy atom. The summed E-state index contributed by atoms with van der Waals surface area (Å²) in [5, 5.41) is 4.86. The van der Waals surface area contributed by atoms with E-state index >= 15 is 0 Å². The summed E-state index contributed by atoms with van der Waals surface area (Å²) < 4.78 is 27.2. The van der Waals surface area contributed by atoms with Gasteiger partial charge in [-0.1, -0.05) is 43.3 Å². The van der Waals surface area contributed by atoms with E-state index in [4.69, 9.17) is 0 Å². The van der Waals surface area contributed by atoms with E-state index in [9.17, 15) is 13.2 Å². The molecule has 2 atom stereocenters. The van der Waals surface area contributed by atoms with Gasteiger partial charge >= 0.3 is 0 Å². The summed E-state index contributed by atoms with van der Waals surface area (Å²) in [6, 6.07) is 13.2. The Hall–Kier alpha value is -1.70. The lowest BCUT2D eigenvalue weighted by atomic mass is 9.97. The summed E-state index contributed by atoms with van der Waals surface area (Å²) in [6.45, 7) is 2.75. The Labute approximate surface area is 159 Å². The Morgan fingerprint density at radius 3 is 2.69 bits per heavy atom. The molecule has 2 aromatic rings. The predicted octanol–water partition coefficient (Wildman–Crippen LogP) is 3.42. The molecule has 2 unspecified atom stereocenters. The predicted molar refractivity (Wildman–Crippen MR) is 103 cm³/mol. The Morgan fingerprint density at radius 1 is 1.27 bits per heavy atom. The molecule has 3 rings (SSSR count). The maximum Gasteiger partial charge on any atom is 0.252 e. The molecule has 1 fully saturated rings. The lowest BCUT2D eigenvalue weighted by Crippen LogP contribution is -2.45. The van der Waals surface area contributed by atoms with Crippen molar-refractivity contribution in [2.75, 3.05) is 13.1 Å². The SMILES string of the molecule is CCC(NC(=O)C1CCCN(S(=O)(=O)c2cccs2)C1)c1ccccc1. The molecule has 7 heteroatoms. The fourth-order valence-corrected chi connectivity index (χ4v) is 5.98. The second kappa shape index (κ2) is 8.33. The third-order valence-electron chi connectivity index (χ3n) is 4.77. The highest BCUT2D eigenvalue weighted by atomic mass is 32.2. The molecule has 1 aromatic heterocycles. The van der Waals surface area contributed by atoms with E-state index in [-0.39, 0.29) is 24.4 Å². The minimum absolute atomic E-state index is 0.0482. The summed E-state index contributed by atoms with van der Waals surface area (Å²) in [7, 11) is -3.50. The van der Waals surface area contributed by atoms with Crippen molar-refractivity contribution in [3.8, 4) is 0 Å². The lowest BCUT2D eigenvalue weighted by molar-refractivity contribution is -0.126. The number of benzene rings is 1. The first-order valence-corrected chi connectivity index (χ1v) is 11.2. The van der Waals surface area contributed by atoms with Crippen LogP contribution in [0.15, 0.2) is 52.1 Å². The zero-order chi connectivity index (χ0) is 18.6. The average molecular weight is 393 g/mol. The first-order valence-electron chi connectivity index (χ1n) is 8.91. The monoisotopic (exact) mass is 392 g/mol. The standard InChI is InChI=1S/C19H24N2O3S2/c1-2-17(15-8-4-3-5-9-15)20-19(22)16-10-6-12-21(14-16)26(23,24)18-11-7-13-25-18/h3-5,7-9,11,13,16-17H,2,6,10,12,14H2,1H3,(H,20,22). The van der Waals surface area contributed by atoms with Crippen molar-refractivity contribution >= 4 is 27.3 Å². The number of carbonyl (C=O) groups excluding carboxylic acids is 1. The number of carbonyl (C=O) groups is 1. The van der Waals surface area contributed by atoms with Crippen LogP contribution in [0.25, 0.3) is 0 Å². The van der Waals surface area contributed by atoms with Gasteiger partial charge in [-0.15, -0.1) is 11.3 Å². The number of thiophene rings is 1. The Bertz CT molecular complexity index is 820. The van der Waals surface area contributed by atoms with Crippen LogP contribution in [0.2, 0.25) is 0 Å². The average Bonchev–Trinajstić information content (AvgIpc) is 3.22. The van der Waals surface area contributed by atoms with Crippen LogP contribution in [0.4, 0.5) is 0 Å². The van der Waals surface area contributed by atoms with Crippen LogP contribution in [0.1, 0.15) is 37.8 Å². The van der Waals surface area contributed by atoms with Crippen LogP contribution < -0.4 is 5.32 Å². The number of nitrogens with zero attached hydrogens (tertiary/aromatic N) is 1. The van der Waals surface area contributed by atoms with E-state index in [1.54, 1.807) is 17.5 Å². The number of hydrogen-bond donors (Lipinski definition) is 1. The second-order valence-electron chi connectivity index (χ2n) is 6.51. The summed E-state index contributed by atoms with van der Waals surface area (Å²) in [6.07, 6.45) is 2.21. The van der Waals surface area contributed by atoms with Crippen molar-refractivity contribution in [3.05, 3.63) is 53.4 Å². The van der Waals surface area contributed by atoms with Crippen molar-refractivity contribution in [1.29, 1.82) is 0 Å². The molecule has 0 bridgehead atoms. The van der Waals surface area contributed by atoms with Crippen LogP contribution in [0.3, 0.4) is 0 Å². The van der Waals surface area contributed by atoms with E-state index in [1.165, 1.54) is 15.6 Å². The van der Waals surface area contributed by atoms with Gasteiger partial charge in [0.15, 0.2) is 0 Å². The zero-order valence-corrected chi connectivity index (χ0v) is 16.4. The van der Waals surface area contributed by atoms with Gasteiger partial charge in [-0.3, -0.25) is 4.79 Å². The van der Waals surface area contributed by atoms with E-state index in [1.807, 2.05) is 37.3 Å². The van der Waals surface area contributed by atoms with Crippen molar-refractivity contribution in [1.82, 2.24) is 9.62 Å². The van der Waals surface area contributed by atoms with Gasteiger partial charge in [-0.25, -0.2) is 8.42 Å². The van der Waals surface area contributed by atoms with Crippen molar-refractivity contribution in [3.63, 3.8) is 0 Å². The van der Waals surface area contributed by atoms with Gasteiger partial charge < -0.3 is 5.32 Å². The zero-order valence-electron chi connectivity index (χ0n) is 14.8. The van der Waals surface area contributed by atoms with E-state index in [2.05, 4.69) is 5.32 Å². The molecule has 0 radical (unpaired) electrons. The molecule has 1 amide bonds. The number of nitrogens with one attached hydrogen (secondary N) is 1. The third-order valence-corrected chi connectivity index (χ3v) is 8.01. The minimum Gasteiger partial charge on any atom is -0.349 e. The molecule has 140 valence electrons. The first kappa shape index (κ1) is 19.1. The first-order chi connectivity index (χ1) is 12.5. The maximum absolute atomic E-state index is 12.8. The number of hydrogen-bond acceptors (Lipinski definition) is 4. The van der Waals surface area contributed by atoms with Crippen LogP contribution in [0, 0.1) is 5.92 Å². The van der Waals surface area contributed by atoms with Gasteiger partial charge in [0.05, 0.1) is 12.0 Å². The van der Waals surface area contributed by atoms with Gasteiger partial charge in [0, 0.05) is 13.1 Å². The molecule has 0 spiro atoms. The van der Waals surface area contributed by atoms with Crippen LogP contribution in [-0.2, 0) is 14.8 Å². The Balaban J connectivity index is 1.68. The van der Waals surface area contributed by atoms with Gasteiger partial charge in [0.25, 0.3) is 10.0 Å². The third kappa shape index (κ3) is 4.16. The number of amides is 1. The second-order valence-corrected chi connectivity index (χ2v) is 9.63. The summed E-state index contributed by atoms with van der Waals surface area (Å²) in [5.74, 6) is -0.372. The molecule has 1 aliphatic rings.